The monoisotopic (exact) mass is 490 g/mol. The van der Waals surface area contributed by atoms with Crippen LogP contribution < -0.4 is 0 Å². The molecule has 36 heavy (non-hydrogen) atoms. The maximum Gasteiger partial charge on any atom is 0.410 e. The van der Waals surface area contributed by atoms with Crippen molar-refractivity contribution >= 4 is 22.8 Å². The van der Waals surface area contributed by atoms with Crippen LogP contribution in [0.4, 0.5) is 4.79 Å². The number of carbonyl (C=O) groups excluding carboxylic acids is 1. The first kappa shape index (κ1) is 26.0. The van der Waals surface area contributed by atoms with Gasteiger partial charge >= 0.3 is 12.1 Å². The molecule has 1 atom stereocenters. The number of aliphatic carboxylic acids is 1. The normalized spacial score (nSPS) is 18.9. The zero-order valence-electron chi connectivity index (χ0n) is 21.9. The Balaban J connectivity index is 1.45. The number of amides is 1. The van der Waals surface area contributed by atoms with Crippen molar-refractivity contribution in [2.45, 2.75) is 65.0 Å². The number of carbonyl (C=O) groups is 2. The van der Waals surface area contributed by atoms with E-state index in [0.717, 1.165) is 36.9 Å². The number of likely N-dealkylation sites (tertiary alicyclic amines) is 2. The summed E-state index contributed by atoms with van der Waals surface area (Å²) in [6, 6.07) is 12.9. The van der Waals surface area contributed by atoms with Gasteiger partial charge in [-0.15, -0.1) is 0 Å². The molecular weight excluding hydrogens is 452 g/mol. The molecule has 192 valence electrons. The minimum atomic E-state index is -0.675. The lowest BCUT2D eigenvalue weighted by atomic mass is 9.92. The third-order valence-corrected chi connectivity index (χ3v) is 7.39. The van der Waals surface area contributed by atoms with E-state index in [1.165, 1.54) is 10.9 Å². The second-order valence-electron chi connectivity index (χ2n) is 11.1. The van der Waals surface area contributed by atoms with Crippen LogP contribution >= 0.6 is 0 Å². The lowest BCUT2D eigenvalue weighted by Crippen LogP contribution is -2.41. The van der Waals surface area contributed by atoms with Crippen molar-refractivity contribution in [1.29, 1.82) is 0 Å². The van der Waals surface area contributed by atoms with Crippen LogP contribution in [0.2, 0.25) is 0 Å². The third kappa shape index (κ3) is 6.20. The molecule has 0 aliphatic carbocycles. The van der Waals surface area contributed by atoms with Gasteiger partial charge in [-0.05, 0) is 88.9 Å². The molecule has 0 saturated carbocycles. The largest absolute Gasteiger partial charge is 0.481 e. The van der Waals surface area contributed by atoms with E-state index in [9.17, 15) is 14.7 Å². The lowest BCUT2D eigenvalue weighted by molar-refractivity contribution is -0.143. The summed E-state index contributed by atoms with van der Waals surface area (Å²) in [7, 11) is 0. The zero-order valence-corrected chi connectivity index (χ0v) is 21.9. The second kappa shape index (κ2) is 10.9. The number of benzene rings is 2. The number of nitrogens with zero attached hydrogens (tertiary/aromatic N) is 2. The van der Waals surface area contributed by atoms with E-state index in [1.54, 1.807) is 4.90 Å². The molecule has 6 heteroatoms. The van der Waals surface area contributed by atoms with Crippen molar-refractivity contribution < 1.29 is 19.4 Å². The quantitative estimate of drug-likeness (QED) is 0.559. The van der Waals surface area contributed by atoms with Crippen LogP contribution in [0.15, 0.2) is 36.4 Å². The Morgan fingerprint density at radius 3 is 2.25 bits per heavy atom. The molecule has 2 aliphatic rings. The highest BCUT2D eigenvalue weighted by molar-refractivity contribution is 5.91. The maximum absolute atomic E-state index is 12.3. The van der Waals surface area contributed by atoms with Crippen LogP contribution in [-0.4, -0.2) is 58.7 Å². The summed E-state index contributed by atoms with van der Waals surface area (Å²) in [6.07, 6.45) is 2.87. The smallest absolute Gasteiger partial charge is 0.410 e. The molecule has 0 aromatic heterocycles. The average molecular weight is 491 g/mol. The number of piperidine rings is 2. The molecule has 1 amide bonds. The fraction of sp³-hybridized carbons (Fsp3) is 0.533. The van der Waals surface area contributed by atoms with Crippen LogP contribution in [-0.2, 0) is 9.53 Å². The van der Waals surface area contributed by atoms with E-state index in [2.05, 4.69) is 60.1 Å². The van der Waals surface area contributed by atoms with Crippen molar-refractivity contribution in [1.82, 2.24) is 9.80 Å². The van der Waals surface area contributed by atoms with Gasteiger partial charge in [-0.1, -0.05) is 42.2 Å². The van der Waals surface area contributed by atoms with Gasteiger partial charge in [0.25, 0.3) is 0 Å². The van der Waals surface area contributed by atoms with E-state index in [0.29, 0.717) is 25.9 Å². The minimum Gasteiger partial charge on any atom is -0.481 e. The van der Waals surface area contributed by atoms with Gasteiger partial charge in [-0.3, -0.25) is 9.69 Å². The number of ether oxygens (including phenoxy) is 1. The molecule has 1 N–H and O–H groups in total. The summed E-state index contributed by atoms with van der Waals surface area (Å²) in [5.74, 6) is 6.27. The average Bonchev–Trinajstić information content (AvgIpc) is 2.86. The maximum atomic E-state index is 12.3. The Hall–Kier alpha value is -3.04. The van der Waals surface area contributed by atoms with Crippen LogP contribution in [0.1, 0.15) is 70.5 Å². The summed E-state index contributed by atoms with van der Waals surface area (Å²) in [4.78, 5) is 27.8. The molecule has 6 nitrogen and oxygen atoms in total. The number of carboxylic acid groups (broad SMARTS) is 1. The highest BCUT2D eigenvalue weighted by atomic mass is 16.6. The fourth-order valence-corrected chi connectivity index (χ4v) is 5.25. The molecule has 2 fully saturated rings. The molecular formula is C30H38N2O4. The molecule has 2 heterocycles. The van der Waals surface area contributed by atoms with E-state index < -0.39 is 11.6 Å². The molecule has 0 spiro atoms. The standard InChI is InChI=1S/C30H38N2O4/c1-21(31-19-15-24(16-20-31)28(33)34)25-8-6-9-26-23(7-5-10-27(25)26)12-11-22-13-17-32(18-14-22)29(35)36-30(2,3)4/h5-10,21-22,24H,13-20H2,1-4H3,(H,33,34). The number of hydrogen-bond donors (Lipinski definition) is 1. The lowest BCUT2D eigenvalue weighted by Gasteiger charge is -2.35. The second-order valence-corrected chi connectivity index (χ2v) is 11.1. The predicted octanol–water partition coefficient (Wildman–Crippen LogP) is 5.70. The number of rotatable bonds is 3. The van der Waals surface area contributed by atoms with Gasteiger partial charge < -0.3 is 14.7 Å². The Labute approximate surface area is 214 Å². The van der Waals surface area contributed by atoms with E-state index in [4.69, 9.17) is 4.74 Å². The van der Waals surface area contributed by atoms with E-state index in [1.807, 2.05) is 20.8 Å². The van der Waals surface area contributed by atoms with Crippen LogP contribution in [0.3, 0.4) is 0 Å². The first-order chi connectivity index (χ1) is 17.1. The number of carboxylic acids is 1. The molecule has 0 bridgehead atoms. The van der Waals surface area contributed by atoms with Crippen LogP contribution in [0, 0.1) is 23.7 Å². The van der Waals surface area contributed by atoms with Crippen molar-refractivity contribution in [2.75, 3.05) is 26.2 Å². The van der Waals surface area contributed by atoms with E-state index >= 15 is 0 Å². The predicted molar refractivity (Wildman–Crippen MR) is 142 cm³/mol. The van der Waals surface area contributed by atoms with Gasteiger partial charge in [0.05, 0.1) is 5.92 Å². The SMILES string of the molecule is CC(c1cccc2c(C#CC3CCN(C(=O)OC(C)(C)C)CC3)cccc12)N1CCC(C(=O)O)CC1. The Kier molecular flexibility index (Phi) is 7.90. The van der Waals surface area contributed by atoms with Gasteiger partial charge in [0.2, 0.25) is 0 Å². The molecule has 0 radical (unpaired) electrons. The Morgan fingerprint density at radius 2 is 1.61 bits per heavy atom. The number of hydrogen-bond acceptors (Lipinski definition) is 4. The van der Waals surface area contributed by atoms with Crippen molar-refractivity contribution in [3.8, 4) is 11.8 Å². The summed E-state index contributed by atoms with van der Waals surface area (Å²) in [5.41, 5.74) is 1.81. The zero-order chi connectivity index (χ0) is 25.9. The van der Waals surface area contributed by atoms with Crippen molar-refractivity contribution in [3.05, 3.63) is 47.5 Å². The van der Waals surface area contributed by atoms with Crippen molar-refractivity contribution in [3.63, 3.8) is 0 Å². The van der Waals surface area contributed by atoms with Gasteiger partial charge in [-0.25, -0.2) is 4.79 Å². The third-order valence-electron chi connectivity index (χ3n) is 7.39. The molecule has 2 aliphatic heterocycles. The molecule has 2 aromatic carbocycles. The summed E-state index contributed by atoms with van der Waals surface area (Å²) in [5, 5.41) is 11.7. The topological polar surface area (TPSA) is 70.1 Å². The highest BCUT2D eigenvalue weighted by Gasteiger charge is 2.28. The number of fused-ring (bicyclic) bond motifs is 1. The minimum absolute atomic E-state index is 0.212. The first-order valence-electron chi connectivity index (χ1n) is 13.1. The Bertz CT molecular complexity index is 1160. The summed E-state index contributed by atoms with van der Waals surface area (Å²) < 4.78 is 5.50. The molecule has 2 saturated heterocycles. The van der Waals surface area contributed by atoms with E-state index in [-0.39, 0.29) is 24.0 Å². The summed E-state index contributed by atoms with van der Waals surface area (Å²) >= 11 is 0. The highest BCUT2D eigenvalue weighted by Crippen LogP contribution is 2.32. The molecule has 1 unspecified atom stereocenters. The fourth-order valence-electron chi connectivity index (χ4n) is 5.25. The first-order valence-corrected chi connectivity index (χ1v) is 13.1. The molecule has 2 aromatic rings. The van der Waals surface area contributed by atoms with Gasteiger partial charge in [-0.2, -0.15) is 0 Å². The molecule has 4 rings (SSSR count). The van der Waals surface area contributed by atoms with Gasteiger partial charge in [0.1, 0.15) is 5.60 Å². The van der Waals surface area contributed by atoms with Crippen LogP contribution in [0.5, 0.6) is 0 Å². The summed E-state index contributed by atoms with van der Waals surface area (Å²) in [6.45, 7) is 10.8. The van der Waals surface area contributed by atoms with Crippen molar-refractivity contribution in [2.24, 2.45) is 11.8 Å². The van der Waals surface area contributed by atoms with Gasteiger partial charge in [0.15, 0.2) is 0 Å². The van der Waals surface area contributed by atoms with Gasteiger partial charge in [0, 0.05) is 30.6 Å². The van der Waals surface area contributed by atoms with Crippen LogP contribution in [0.25, 0.3) is 10.8 Å². The Morgan fingerprint density at radius 1 is 0.972 bits per heavy atom.